The number of benzene rings is 1. The number of hydrogen-bond donors (Lipinski definition) is 1. The molecule has 19 heavy (non-hydrogen) atoms. The van der Waals surface area contributed by atoms with Gasteiger partial charge in [-0.25, -0.2) is 0 Å². The van der Waals surface area contributed by atoms with Crippen LogP contribution >= 0.6 is 35.6 Å². The fourth-order valence-corrected chi connectivity index (χ4v) is 3.43. The van der Waals surface area contributed by atoms with Gasteiger partial charge in [-0.1, -0.05) is 35.6 Å². The van der Waals surface area contributed by atoms with Crippen LogP contribution in [-0.2, 0) is 4.79 Å². The van der Waals surface area contributed by atoms with E-state index in [1.807, 2.05) is 6.92 Å². The number of thioether (sulfide) groups is 1. The number of carbonyl (C=O) groups is 1. The van der Waals surface area contributed by atoms with Gasteiger partial charge in [-0.2, -0.15) is 0 Å². The summed E-state index contributed by atoms with van der Waals surface area (Å²) in [6.07, 6.45) is 1.74. The Balaban J connectivity index is 2.38. The third kappa shape index (κ3) is 2.78. The largest absolute Gasteiger partial charge is 0.506 e. The topological polar surface area (TPSA) is 40.5 Å². The number of aryl methyl sites for hydroxylation is 1. The molecular formula is C13H12ClNO2S2. The van der Waals surface area contributed by atoms with E-state index in [4.69, 9.17) is 23.8 Å². The van der Waals surface area contributed by atoms with E-state index in [-0.39, 0.29) is 16.7 Å². The van der Waals surface area contributed by atoms with Gasteiger partial charge in [0.2, 0.25) is 0 Å². The Morgan fingerprint density at radius 1 is 1.53 bits per heavy atom. The molecule has 2 rings (SSSR count). The normalized spacial score (nSPS) is 17.6. The van der Waals surface area contributed by atoms with E-state index in [2.05, 4.69) is 0 Å². The van der Waals surface area contributed by atoms with Gasteiger partial charge in [0, 0.05) is 6.54 Å². The van der Waals surface area contributed by atoms with Crippen LogP contribution < -0.4 is 0 Å². The molecule has 0 atom stereocenters. The van der Waals surface area contributed by atoms with Gasteiger partial charge in [-0.3, -0.25) is 9.69 Å². The van der Waals surface area contributed by atoms with Crippen molar-refractivity contribution in [2.45, 2.75) is 13.8 Å². The minimum absolute atomic E-state index is 0.0694. The lowest BCUT2D eigenvalue weighted by atomic mass is 10.1. The Hall–Kier alpha value is -1.04. The van der Waals surface area contributed by atoms with Crippen molar-refractivity contribution in [3.8, 4) is 5.75 Å². The van der Waals surface area contributed by atoms with E-state index in [0.717, 1.165) is 5.56 Å². The summed E-state index contributed by atoms with van der Waals surface area (Å²) in [5.41, 5.74) is 1.45. The first-order chi connectivity index (χ1) is 8.93. The number of carbonyl (C=O) groups excluding carboxylic acids is 1. The van der Waals surface area contributed by atoms with Crippen molar-refractivity contribution < 1.29 is 9.90 Å². The molecule has 0 radical (unpaired) electrons. The number of halogens is 1. The van der Waals surface area contributed by atoms with Gasteiger partial charge >= 0.3 is 0 Å². The van der Waals surface area contributed by atoms with Gasteiger partial charge in [-0.05, 0) is 43.2 Å². The first-order valence-corrected chi connectivity index (χ1v) is 7.28. The van der Waals surface area contributed by atoms with E-state index in [1.54, 1.807) is 30.0 Å². The highest BCUT2D eigenvalue weighted by Gasteiger charge is 2.30. The number of thiocarbonyl (C=S) groups is 1. The van der Waals surface area contributed by atoms with E-state index in [9.17, 15) is 9.90 Å². The summed E-state index contributed by atoms with van der Waals surface area (Å²) in [4.78, 5) is 14.2. The molecular weight excluding hydrogens is 302 g/mol. The van der Waals surface area contributed by atoms with Crippen LogP contribution in [0, 0.1) is 6.92 Å². The van der Waals surface area contributed by atoms with Gasteiger partial charge in [0.1, 0.15) is 10.1 Å². The molecule has 3 nitrogen and oxygen atoms in total. The molecule has 6 heteroatoms. The number of phenols is 1. The summed E-state index contributed by atoms with van der Waals surface area (Å²) in [5.74, 6) is -0.0146. The first-order valence-electron chi connectivity index (χ1n) is 5.68. The highest BCUT2D eigenvalue weighted by atomic mass is 35.5. The molecule has 1 N–H and O–H groups in total. The maximum absolute atomic E-state index is 12.1. The second-order valence-corrected chi connectivity index (χ2v) is 6.18. The second-order valence-electron chi connectivity index (χ2n) is 4.09. The standard InChI is InChI=1S/C13H12ClNO2S2/c1-3-15-12(17)10(19-13(15)18)6-8-4-7(2)11(16)9(14)5-8/h4-6,16H,3H2,1-2H3/b10-6-. The molecule has 0 unspecified atom stereocenters. The lowest BCUT2D eigenvalue weighted by Crippen LogP contribution is -2.27. The molecule has 1 aromatic rings. The van der Waals surface area contributed by atoms with Crippen molar-refractivity contribution in [3.05, 3.63) is 33.2 Å². The van der Waals surface area contributed by atoms with Crippen LogP contribution in [0.15, 0.2) is 17.0 Å². The van der Waals surface area contributed by atoms with Crippen molar-refractivity contribution in [2.24, 2.45) is 0 Å². The predicted octanol–water partition coefficient (Wildman–Crippen LogP) is 3.58. The number of amides is 1. The number of likely N-dealkylation sites (N-methyl/N-ethyl adjacent to an activating group) is 1. The first kappa shape index (κ1) is 14.4. The molecule has 1 fully saturated rings. The molecule has 1 amide bonds. The summed E-state index contributed by atoms with van der Waals surface area (Å²) in [6.45, 7) is 4.21. The Morgan fingerprint density at radius 2 is 2.21 bits per heavy atom. The summed E-state index contributed by atoms with van der Waals surface area (Å²) in [6, 6.07) is 3.40. The van der Waals surface area contributed by atoms with Crippen LogP contribution in [0.25, 0.3) is 6.08 Å². The minimum Gasteiger partial charge on any atom is -0.506 e. The zero-order valence-electron chi connectivity index (χ0n) is 10.4. The summed E-state index contributed by atoms with van der Waals surface area (Å²) < 4.78 is 0.570. The Kier molecular flexibility index (Phi) is 4.18. The molecule has 0 spiro atoms. The van der Waals surface area contributed by atoms with Crippen molar-refractivity contribution in [3.63, 3.8) is 0 Å². The third-order valence-electron chi connectivity index (χ3n) is 2.76. The molecule has 0 aliphatic carbocycles. The van der Waals surface area contributed by atoms with Crippen molar-refractivity contribution in [1.29, 1.82) is 0 Å². The van der Waals surface area contributed by atoms with Crippen LogP contribution in [0.5, 0.6) is 5.75 Å². The van der Waals surface area contributed by atoms with Crippen LogP contribution in [0.2, 0.25) is 5.02 Å². The van der Waals surface area contributed by atoms with Crippen molar-refractivity contribution in [2.75, 3.05) is 6.54 Å². The Bertz CT molecular complexity index is 575. The van der Waals surface area contributed by atoms with E-state index >= 15 is 0 Å². The zero-order chi connectivity index (χ0) is 14.2. The molecule has 0 saturated carbocycles. The molecule has 1 aromatic carbocycles. The molecule has 0 aromatic heterocycles. The maximum atomic E-state index is 12.1. The quantitative estimate of drug-likeness (QED) is 0.669. The van der Waals surface area contributed by atoms with Crippen LogP contribution in [0.4, 0.5) is 0 Å². The molecule has 1 aliphatic rings. The highest BCUT2D eigenvalue weighted by molar-refractivity contribution is 8.26. The summed E-state index contributed by atoms with van der Waals surface area (Å²) >= 11 is 12.3. The smallest absolute Gasteiger partial charge is 0.266 e. The number of hydrogen-bond acceptors (Lipinski definition) is 4. The Labute approximate surface area is 126 Å². The average Bonchev–Trinajstić information content (AvgIpc) is 2.61. The molecule has 1 saturated heterocycles. The summed E-state index contributed by atoms with van der Waals surface area (Å²) in [5, 5.41) is 9.89. The van der Waals surface area contributed by atoms with Gasteiger partial charge in [0.15, 0.2) is 0 Å². The summed E-state index contributed by atoms with van der Waals surface area (Å²) in [7, 11) is 0. The van der Waals surface area contributed by atoms with E-state index in [1.165, 1.54) is 11.8 Å². The van der Waals surface area contributed by atoms with Crippen LogP contribution in [-0.4, -0.2) is 26.8 Å². The predicted molar refractivity (Wildman–Crippen MR) is 83.4 cm³/mol. The monoisotopic (exact) mass is 313 g/mol. The third-order valence-corrected chi connectivity index (χ3v) is 4.43. The maximum Gasteiger partial charge on any atom is 0.266 e. The molecule has 1 aliphatic heterocycles. The van der Waals surface area contributed by atoms with Crippen molar-refractivity contribution >= 4 is 51.9 Å². The minimum atomic E-state index is -0.0839. The zero-order valence-corrected chi connectivity index (χ0v) is 12.8. The molecule has 1 heterocycles. The Morgan fingerprint density at radius 3 is 2.74 bits per heavy atom. The lowest BCUT2D eigenvalue weighted by Gasteiger charge is -2.09. The highest BCUT2D eigenvalue weighted by Crippen LogP contribution is 2.34. The number of nitrogens with zero attached hydrogens (tertiary/aromatic N) is 1. The van der Waals surface area contributed by atoms with Crippen molar-refractivity contribution in [1.82, 2.24) is 4.90 Å². The van der Waals surface area contributed by atoms with Gasteiger partial charge in [-0.15, -0.1) is 0 Å². The van der Waals surface area contributed by atoms with Crippen LogP contribution in [0.1, 0.15) is 18.1 Å². The second kappa shape index (κ2) is 5.53. The van der Waals surface area contributed by atoms with E-state index in [0.29, 0.717) is 21.3 Å². The van der Waals surface area contributed by atoms with E-state index < -0.39 is 0 Å². The molecule has 100 valence electrons. The van der Waals surface area contributed by atoms with Gasteiger partial charge < -0.3 is 5.11 Å². The van der Waals surface area contributed by atoms with Crippen LogP contribution in [0.3, 0.4) is 0 Å². The number of phenolic OH excluding ortho intramolecular Hbond substituents is 1. The number of aromatic hydroxyl groups is 1. The van der Waals surface area contributed by atoms with Gasteiger partial charge in [0.25, 0.3) is 5.91 Å². The molecule has 0 bridgehead atoms. The fraction of sp³-hybridized carbons (Fsp3) is 0.231. The SMILES string of the molecule is CCN1C(=O)/C(=C/c2cc(C)c(O)c(Cl)c2)SC1=S. The number of rotatable bonds is 2. The fourth-order valence-electron chi connectivity index (χ4n) is 1.77. The van der Waals surface area contributed by atoms with Gasteiger partial charge in [0.05, 0.1) is 9.93 Å². The average molecular weight is 314 g/mol. The lowest BCUT2D eigenvalue weighted by molar-refractivity contribution is -0.121.